The third-order valence-corrected chi connectivity index (χ3v) is 4.98. The molecule has 0 fully saturated rings. The topological polar surface area (TPSA) is 97.6 Å². The highest BCUT2D eigenvalue weighted by molar-refractivity contribution is 7.98. The van der Waals surface area contributed by atoms with Gasteiger partial charge in [-0.05, 0) is 31.4 Å². The number of hydrogen-bond donors (Lipinski definition) is 2. The van der Waals surface area contributed by atoms with Crippen LogP contribution in [0, 0.1) is 0 Å². The van der Waals surface area contributed by atoms with Crippen LogP contribution < -0.4 is 10.6 Å². The van der Waals surface area contributed by atoms with Gasteiger partial charge in [-0.25, -0.2) is 19.7 Å². The first-order valence-corrected chi connectivity index (χ1v) is 10.0. The van der Waals surface area contributed by atoms with Crippen molar-refractivity contribution in [3.63, 3.8) is 0 Å². The molecule has 1 atom stereocenters. The molecular formula is C17H15ClF3N7OS. The number of thioether (sulfide) groups is 1. The molecule has 2 amide bonds. The number of carbonyl (C=O) groups excluding carboxylic acids is 1. The number of amides is 2. The number of benzene rings is 1. The van der Waals surface area contributed by atoms with Gasteiger partial charge in [0.25, 0.3) is 5.95 Å². The lowest BCUT2D eigenvalue weighted by Crippen LogP contribution is -2.33. The van der Waals surface area contributed by atoms with Gasteiger partial charge in [-0.3, -0.25) is 0 Å². The maximum Gasteiger partial charge on any atom is 0.417 e. The second-order valence-corrected chi connectivity index (χ2v) is 7.18. The van der Waals surface area contributed by atoms with Crippen molar-refractivity contribution in [1.82, 2.24) is 30.0 Å². The number of nitrogens with zero attached hydrogens (tertiary/aromatic N) is 5. The minimum Gasteiger partial charge on any atom is -0.328 e. The SMILES string of the molecule is CSc1cc(Cl)c(C(F)(F)F)cc1NC(=O)N[C@@H](C)c1ncnn1-c1ncccn1. The zero-order valence-electron chi connectivity index (χ0n) is 15.6. The number of nitrogens with one attached hydrogen (secondary N) is 2. The Morgan fingerprint density at radius 1 is 1.23 bits per heavy atom. The molecule has 2 heterocycles. The molecule has 0 aliphatic heterocycles. The number of carbonyl (C=O) groups is 1. The summed E-state index contributed by atoms with van der Waals surface area (Å²) in [4.78, 5) is 25.1. The Balaban J connectivity index is 1.79. The highest BCUT2D eigenvalue weighted by Crippen LogP contribution is 2.40. The van der Waals surface area contributed by atoms with Gasteiger partial charge >= 0.3 is 12.2 Å². The van der Waals surface area contributed by atoms with E-state index in [2.05, 4.69) is 30.7 Å². The zero-order valence-corrected chi connectivity index (χ0v) is 17.2. The standard InChI is InChI=1S/C17H15ClF3N7OS/c1-9(14-24-8-25-28(14)15-22-4-3-5-23-15)26-16(29)27-12-6-10(17(19,20)21)11(18)7-13(12)30-2/h3-9H,1-2H3,(H2,26,27,29)/t9-/m0/s1. The summed E-state index contributed by atoms with van der Waals surface area (Å²) in [5, 5.41) is 8.65. The van der Waals surface area contributed by atoms with Gasteiger partial charge in [0.2, 0.25) is 0 Å². The van der Waals surface area contributed by atoms with E-state index in [-0.39, 0.29) is 11.6 Å². The molecule has 0 bridgehead atoms. The van der Waals surface area contributed by atoms with Crippen molar-refractivity contribution in [3.8, 4) is 5.95 Å². The van der Waals surface area contributed by atoms with Gasteiger partial charge in [0.1, 0.15) is 6.33 Å². The number of anilines is 1. The van der Waals surface area contributed by atoms with Crippen molar-refractivity contribution < 1.29 is 18.0 Å². The van der Waals surface area contributed by atoms with Crippen LogP contribution in [0.2, 0.25) is 5.02 Å². The first kappa shape index (κ1) is 21.8. The molecule has 0 saturated heterocycles. The molecule has 0 aliphatic rings. The van der Waals surface area contributed by atoms with Gasteiger partial charge < -0.3 is 10.6 Å². The van der Waals surface area contributed by atoms with Crippen molar-refractivity contribution in [2.45, 2.75) is 24.0 Å². The molecule has 3 aromatic rings. The third kappa shape index (κ3) is 4.82. The minimum absolute atomic E-state index is 0.0169. The molecule has 0 spiro atoms. The zero-order chi connectivity index (χ0) is 21.9. The predicted molar refractivity (Wildman–Crippen MR) is 106 cm³/mol. The number of hydrogen-bond acceptors (Lipinski definition) is 6. The van der Waals surface area contributed by atoms with Crippen molar-refractivity contribution in [2.24, 2.45) is 0 Å². The number of rotatable bonds is 5. The van der Waals surface area contributed by atoms with Crippen LogP contribution in [-0.2, 0) is 6.18 Å². The first-order valence-electron chi connectivity index (χ1n) is 8.40. The largest absolute Gasteiger partial charge is 0.417 e. The highest BCUT2D eigenvalue weighted by atomic mass is 35.5. The highest BCUT2D eigenvalue weighted by Gasteiger charge is 2.34. The van der Waals surface area contributed by atoms with E-state index in [1.54, 1.807) is 19.2 Å². The molecule has 0 radical (unpaired) electrons. The normalized spacial score (nSPS) is 12.5. The van der Waals surface area contributed by atoms with Crippen LogP contribution in [0.25, 0.3) is 5.95 Å². The van der Waals surface area contributed by atoms with Crippen molar-refractivity contribution >= 4 is 35.1 Å². The van der Waals surface area contributed by atoms with Crippen LogP contribution in [-0.4, -0.2) is 37.0 Å². The first-order chi connectivity index (χ1) is 14.2. The summed E-state index contributed by atoms with van der Waals surface area (Å²) in [6, 6.07) is 2.23. The lowest BCUT2D eigenvalue weighted by Gasteiger charge is -2.17. The molecule has 0 saturated carbocycles. The van der Waals surface area contributed by atoms with Gasteiger partial charge in [0, 0.05) is 17.3 Å². The fourth-order valence-corrected chi connectivity index (χ4v) is 3.46. The third-order valence-electron chi connectivity index (χ3n) is 3.89. The van der Waals surface area contributed by atoms with E-state index >= 15 is 0 Å². The van der Waals surface area contributed by atoms with Gasteiger partial charge in [-0.2, -0.15) is 23.0 Å². The summed E-state index contributed by atoms with van der Waals surface area (Å²) < 4.78 is 40.8. The van der Waals surface area contributed by atoms with Crippen LogP contribution in [0.3, 0.4) is 0 Å². The van der Waals surface area contributed by atoms with Crippen LogP contribution in [0.1, 0.15) is 24.4 Å². The van der Waals surface area contributed by atoms with Gasteiger partial charge in [0.05, 0.1) is 22.3 Å². The average molecular weight is 458 g/mol. The Morgan fingerprint density at radius 3 is 2.57 bits per heavy atom. The van der Waals surface area contributed by atoms with Gasteiger partial charge in [-0.1, -0.05) is 11.6 Å². The van der Waals surface area contributed by atoms with E-state index in [9.17, 15) is 18.0 Å². The molecule has 0 aliphatic carbocycles. The maximum atomic E-state index is 13.2. The molecule has 0 unspecified atom stereocenters. The van der Waals surface area contributed by atoms with Crippen LogP contribution in [0.15, 0.2) is 41.8 Å². The summed E-state index contributed by atoms with van der Waals surface area (Å²) in [5.41, 5.74) is -1.05. The van der Waals surface area contributed by atoms with E-state index in [4.69, 9.17) is 11.6 Å². The van der Waals surface area contributed by atoms with Crippen molar-refractivity contribution in [3.05, 3.63) is 53.3 Å². The summed E-state index contributed by atoms with van der Waals surface area (Å²) in [5.74, 6) is 0.602. The Hall–Kier alpha value is -2.86. The smallest absolute Gasteiger partial charge is 0.328 e. The molecule has 2 N–H and O–H groups in total. The number of aromatic nitrogens is 5. The predicted octanol–water partition coefficient (Wildman–Crippen LogP) is 4.33. The summed E-state index contributed by atoms with van der Waals surface area (Å²) in [6.07, 6.45) is 1.35. The summed E-state index contributed by atoms with van der Waals surface area (Å²) in [7, 11) is 0. The lowest BCUT2D eigenvalue weighted by molar-refractivity contribution is -0.137. The van der Waals surface area contributed by atoms with Crippen LogP contribution >= 0.6 is 23.4 Å². The Bertz CT molecular complexity index is 1050. The Kier molecular flexibility index (Phi) is 6.46. The lowest BCUT2D eigenvalue weighted by atomic mass is 10.2. The fourth-order valence-electron chi connectivity index (χ4n) is 2.56. The molecular weight excluding hydrogens is 443 g/mol. The quantitative estimate of drug-likeness (QED) is 0.553. The van der Waals surface area contributed by atoms with Crippen molar-refractivity contribution in [2.75, 3.05) is 11.6 Å². The van der Waals surface area contributed by atoms with Crippen molar-refractivity contribution in [1.29, 1.82) is 0 Å². The second-order valence-electron chi connectivity index (χ2n) is 5.93. The van der Waals surface area contributed by atoms with Gasteiger partial charge in [-0.15, -0.1) is 11.8 Å². The number of alkyl halides is 3. The Labute approximate surface area is 178 Å². The molecule has 158 valence electrons. The maximum absolute atomic E-state index is 13.2. The van der Waals surface area contributed by atoms with E-state index in [1.807, 2.05) is 0 Å². The molecule has 2 aromatic heterocycles. The van der Waals surface area contributed by atoms with E-state index in [1.165, 1.54) is 23.4 Å². The summed E-state index contributed by atoms with van der Waals surface area (Å²) in [6.45, 7) is 1.64. The number of urea groups is 1. The minimum atomic E-state index is -4.65. The van der Waals surface area contributed by atoms with E-state index in [0.29, 0.717) is 10.7 Å². The van der Waals surface area contributed by atoms with Crippen LogP contribution in [0.5, 0.6) is 0 Å². The van der Waals surface area contributed by atoms with E-state index in [0.717, 1.165) is 23.9 Å². The molecule has 8 nitrogen and oxygen atoms in total. The fraction of sp³-hybridized carbons (Fsp3) is 0.235. The van der Waals surface area contributed by atoms with Crippen LogP contribution in [0.4, 0.5) is 23.7 Å². The molecule has 3 rings (SSSR count). The average Bonchev–Trinajstić information content (AvgIpc) is 3.18. The molecule has 1 aromatic carbocycles. The Morgan fingerprint density at radius 2 is 1.93 bits per heavy atom. The molecule has 13 heteroatoms. The monoisotopic (exact) mass is 457 g/mol. The number of halogens is 4. The second kappa shape index (κ2) is 8.88. The van der Waals surface area contributed by atoms with Gasteiger partial charge in [0.15, 0.2) is 5.82 Å². The molecule has 30 heavy (non-hydrogen) atoms. The summed E-state index contributed by atoms with van der Waals surface area (Å²) >= 11 is 6.89. The van der Waals surface area contributed by atoms with E-state index < -0.39 is 28.8 Å².